The van der Waals surface area contributed by atoms with E-state index in [1.165, 1.54) is 41.3 Å². The molecule has 1 N–H and O–H groups in total. The number of thioether (sulfide) groups is 1. The van der Waals surface area contributed by atoms with Crippen LogP contribution < -0.4 is 15.0 Å². The third-order valence-corrected chi connectivity index (χ3v) is 5.94. The Morgan fingerprint density at radius 1 is 1.38 bits per heavy atom. The molecule has 0 bridgehead atoms. The lowest BCUT2D eigenvalue weighted by atomic mass is 10.3. The average molecular weight is 421 g/mol. The maximum Gasteiger partial charge on any atom is 0.387 e. The van der Waals surface area contributed by atoms with Crippen LogP contribution in [0, 0.1) is 0 Å². The standard InChI is InChI=1S/C15H15ClF2N4O2S2/c16-10-7-9(3-4-11(10)24-13(17)18)19-12(23)8-25-15-21-20-14(26-15)22-5-1-2-6-22/h3-4,7,13H,1-2,5-6,8H2,(H,19,23). The zero-order chi connectivity index (χ0) is 18.5. The van der Waals surface area contributed by atoms with Crippen LogP contribution in [0.3, 0.4) is 0 Å². The van der Waals surface area contributed by atoms with Crippen molar-refractivity contribution >= 4 is 51.4 Å². The predicted molar refractivity (Wildman–Crippen MR) is 98.8 cm³/mol. The molecule has 0 radical (unpaired) electrons. The van der Waals surface area contributed by atoms with Gasteiger partial charge in [0.1, 0.15) is 5.75 Å². The molecule has 26 heavy (non-hydrogen) atoms. The molecule has 0 unspecified atom stereocenters. The number of hydrogen-bond donors (Lipinski definition) is 1. The topological polar surface area (TPSA) is 67.4 Å². The van der Waals surface area contributed by atoms with Gasteiger partial charge in [0.2, 0.25) is 11.0 Å². The second-order valence-corrected chi connectivity index (χ2v) is 7.99. The van der Waals surface area contributed by atoms with E-state index < -0.39 is 6.61 Å². The van der Waals surface area contributed by atoms with Gasteiger partial charge < -0.3 is 15.0 Å². The largest absolute Gasteiger partial charge is 0.433 e. The molecule has 2 aromatic rings. The minimum atomic E-state index is -2.96. The number of nitrogens with one attached hydrogen (secondary N) is 1. The Morgan fingerprint density at radius 2 is 2.15 bits per heavy atom. The molecule has 0 aliphatic carbocycles. The first-order chi connectivity index (χ1) is 12.5. The molecule has 6 nitrogen and oxygen atoms in total. The zero-order valence-electron chi connectivity index (χ0n) is 13.5. The molecule has 1 fully saturated rings. The normalized spacial score (nSPS) is 14.1. The highest BCUT2D eigenvalue weighted by Gasteiger charge is 2.17. The van der Waals surface area contributed by atoms with Crippen LogP contribution in [0.1, 0.15) is 12.8 Å². The first-order valence-corrected chi connectivity index (χ1v) is 9.95. The van der Waals surface area contributed by atoms with Crippen LogP contribution >= 0.6 is 34.7 Å². The Balaban J connectivity index is 1.50. The Hall–Kier alpha value is -1.65. The second-order valence-electron chi connectivity index (χ2n) is 5.41. The number of nitrogens with zero attached hydrogens (tertiary/aromatic N) is 3. The van der Waals surface area contributed by atoms with Gasteiger partial charge in [-0.05, 0) is 31.0 Å². The summed E-state index contributed by atoms with van der Waals surface area (Å²) in [7, 11) is 0. The lowest BCUT2D eigenvalue weighted by molar-refractivity contribution is -0.113. The Kier molecular flexibility index (Phi) is 6.49. The minimum absolute atomic E-state index is 0.00451. The second kappa shape index (κ2) is 8.83. The summed E-state index contributed by atoms with van der Waals surface area (Å²) in [5.41, 5.74) is 0.400. The number of carbonyl (C=O) groups is 1. The monoisotopic (exact) mass is 420 g/mol. The van der Waals surface area contributed by atoms with Crippen molar-refractivity contribution in [1.82, 2.24) is 10.2 Å². The molecular weight excluding hydrogens is 406 g/mol. The van der Waals surface area contributed by atoms with Gasteiger partial charge >= 0.3 is 6.61 Å². The van der Waals surface area contributed by atoms with E-state index in [2.05, 4.69) is 25.2 Å². The molecule has 1 amide bonds. The summed E-state index contributed by atoms with van der Waals surface area (Å²) in [6, 6.07) is 4.09. The highest BCUT2D eigenvalue weighted by molar-refractivity contribution is 8.01. The van der Waals surface area contributed by atoms with Gasteiger partial charge in [0.15, 0.2) is 4.34 Å². The fourth-order valence-corrected chi connectivity index (χ4v) is 4.31. The van der Waals surface area contributed by atoms with E-state index in [1.807, 2.05) is 0 Å². The van der Waals surface area contributed by atoms with Gasteiger partial charge in [0.25, 0.3) is 0 Å². The molecule has 1 aromatic carbocycles. The van der Waals surface area contributed by atoms with Gasteiger partial charge in [-0.2, -0.15) is 8.78 Å². The number of alkyl halides is 2. The summed E-state index contributed by atoms with van der Waals surface area (Å²) in [6.45, 7) is -0.973. The molecule has 1 saturated heterocycles. The van der Waals surface area contributed by atoms with Gasteiger partial charge in [0.05, 0.1) is 10.8 Å². The van der Waals surface area contributed by atoms with Crippen LogP contribution in [0.2, 0.25) is 5.02 Å². The van der Waals surface area contributed by atoms with Crippen molar-refractivity contribution in [2.45, 2.75) is 23.8 Å². The van der Waals surface area contributed by atoms with Crippen molar-refractivity contribution in [2.24, 2.45) is 0 Å². The van der Waals surface area contributed by atoms with Gasteiger partial charge in [-0.3, -0.25) is 4.79 Å². The highest BCUT2D eigenvalue weighted by atomic mass is 35.5. The summed E-state index contributed by atoms with van der Waals surface area (Å²) in [4.78, 5) is 14.2. The van der Waals surface area contributed by atoms with Gasteiger partial charge in [-0.15, -0.1) is 10.2 Å². The van der Waals surface area contributed by atoms with Crippen LogP contribution in [0.25, 0.3) is 0 Å². The van der Waals surface area contributed by atoms with Crippen LogP contribution in [-0.4, -0.2) is 41.6 Å². The smallest absolute Gasteiger partial charge is 0.387 e. The molecule has 2 heterocycles. The zero-order valence-corrected chi connectivity index (χ0v) is 15.8. The quantitative estimate of drug-likeness (QED) is 0.679. The van der Waals surface area contributed by atoms with Gasteiger partial charge in [-0.1, -0.05) is 34.7 Å². The maximum absolute atomic E-state index is 12.2. The Labute approximate surface area is 161 Å². The van der Waals surface area contributed by atoms with Gasteiger partial charge in [0, 0.05) is 18.8 Å². The van der Waals surface area contributed by atoms with Crippen molar-refractivity contribution < 1.29 is 18.3 Å². The lowest BCUT2D eigenvalue weighted by Crippen LogP contribution is -2.17. The highest BCUT2D eigenvalue weighted by Crippen LogP contribution is 2.31. The van der Waals surface area contributed by atoms with Crippen molar-refractivity contribution in [2.75, 3.05) is 29.1 Å². The average Bonchev–Trinajstić information content (AvgIpc) is 3.26. The molecule has 3 rings (SSSR count). The fraction of sp³-hybridized carbons (Fsp3) is 0.400. The van der Waals surface area contributed by atoms with Crippen LogP contribution in [0.5, 0.6) is 5.75 Å². The van der Waals surface area contributed by atoms with Crippen molar-refractivity contribution in [3.63, 3.8) is 0 Å². The molecule has 140 valence electrons. The first kappa shape index (κ1) is 19.1. The fourth-order valence-electron chi connectivity index (χ4n) is 2.39. The molecule has 0 saturated carbocycles. The summed E-state index contributed by atoms with van der Waals surface area (Å²) >= 11 is 8.62. The number of carbonyl (C=O) groups excluding carboxylic acids is 1. The molecule has 0 atom stereocenters. The van der Waals surface area contributed by atoms with Crippen LogP contribution in [-0.2, 0) is 4.79 Å². The van der Waals surface area contributed by atoms with E-state index in [0.29, 0.717) is 5.69 Å². The predicted octanol–water partition coefficient (Wildman–Crippen LogP) is 4.12. The van der Waals surface area contributed by atoms with Gasteiger partial charge in [-0.25, -0.2) is 0 Å². The molecule has 1 aliphatic heterocycles. The third kappa shape index (κ3) is 5.18. The third-order valence-electron chi connectivity index (χ3n) is 3.53. The minimum Gasteiger partial charge on any atom is -0.433 e. The number of aromatic nitrogens is 2. The number of ether oxygens (including phenoxy) is 1. The van der Waals surface area contributed by atoms with E-state index >= 15 is 0 Å². The summed E-state index contributed by atoms with van der Waals surface area (Å²) in [5, 5.41) is 11.8. The molecule has 11 heteroatoms. The van der Waals surface area contributed by atoms with E-state index in [9.17, 15) is 13.6 Å². The number of anilines is 2. The number of hydrogen-bond acceptors (Lipinski definition) is 7. The van der Waals surface area contributed by atoms with E-state index in [1.54, 1.807) is 0 Å². The van der Waals surface area contributed by atoms with Crippen molar-refractivity contribution in [1.29, 1.82) is 0 Å². The van der Waals surface area contributed by atoms with Crippen LogP contribution in [0.4, 0.5) is 19.6 Å². The number of amides is 1. The number of halogens is 3. The lowest BCUT2D eigenvalue weighted by Gasteiger charge is -2.10. The molecular formula is C15H15ClF2N4O2S2. The maximum atomic E-state index is 12.2. The molecule has 1 aliphatic rings. The van der Waals surface area contributed by atoms with Crippen molar-refractivity contribution in [3.8, 4) is 5.75 Å². The summed E-state index contributed by atoms with van der Waals surface area (Å²) in [6.07, 6.45) is 2.32. The molecule has 0 spiro atoms. The van der Waals surface area contributed by atoms with Crippen molar-refractivity contribution in [3.05, 3.63) is 23.2 Å². The first-order valence-electron chi connectivity index (χ1n) is 7.77. The summed E-state index contributed by atoms with van der Waals surface area (Å²) in [5.74, 6) is -0.245. The van der Waals surface area contributed by atoms with Crippen LogP contribution in [0.15, 0.2) is 22.5 Å². The molecule has 1 aromatic heterocycles. The number of rotatable bonds is 7. The van der Waals surface area contributed by atoms with E-state index in [-0.39, 0.29) is 22.4 Å². The number of benzene rings is 1. The Bertz CT molecular complexity index is 772. The van der Waals surface area contributed by atoms with E-state index in [0.717, 1.165) is 35.4 Å². The summed E-state index contributed by atoms with van der Waals surface area (Å²) < 4.78 is 29.4. The Morgan fingerprint density at radius 3 is 2.85 bits per heavy atom. The van der Waals surface area contributed by atoms with E-state index in [4.69, 9.17) is 11.6 Å². The SMILES string of the molecule is O=C(CSc1nnc(N2CCCC2)s1)Nc1ccc(OC(F)F)c(Cl)c1.